The van der Waals surface area contributed by atoms with Crippen LogP contribution in [0.1, 0.15) is 18.4 Å². The van der Waals surface area contributed by atoms with Crippen LogP contribution >= 0.6 is 0 Å². The number of aliphatic hydroxyl groups is 1. The summed E-state index contributed by atoms with van der Waals surface area (Å²) in [5, 5.41) is 33.8. The Balaban J connectivity index is 2.06. The highest BCUT2D eigenvalue weighted by atomic mass is 16.6. The first-order valence-electron chi connectivity index (χ1n) is 6.21. The van der Waals surface area contributed by atoms with Gasteiger partial charge < -0.3 is 10.4 Å². The molecular weight excluding hydrogens is 266 g/mol. The Kier molecular flexibility index (Phi) is 3.96. The van der Waals surface area contributed by atoms with Crippen molar-refractivity contribution in [2.75, 3.05) is 13.2 Å². The lowest BCUT2D eigenvalue weighted by Gasteiger charge is -2.12. The van der Waals surface area contributed by atoms with E-state index in [9.17, 15) is 25.3 Å². The molecule has 0 aromatic heterocycles. The maximum absolute atomic E-state index is 10.9. The molecule has 1 fully saturated rings. The SMILES string of the molecule is O=[N+]([O-])c1ccc(CNCC2(CO)CC2)c([N+](=O)[O-])c1. The van der Waals surface area contributed by atoms with Crippen molar-refractivity contribution in [3.63, 3.8) is 0 Å². The van der Waals surface area contributed by atoms with Gasteiger partial charge in [-0.3, -0.25) is 20.2 Å². The Morgan fingerprint density at radius 3 is 2.45 bits per heavy atom. The molecule has 0 radical (unpaired) electrons. The minimum absolute atomic E-state index is 0.0877. The fourth-order valence-electron chi connectivity index (χ4n) is 2.02. The first-order chi connectivity index (χ1) is 9.47. The minimum Gasteiger partial charge on any atom is -0.396 e. The van der Waals surface area contributed by atoms with E-state index >= 15 is 0 Å². The molecule has 0 spiro atoms. The van der Waals surface area contributed by atoms with Crippen LogP contribution in [0.4, 0.5) is 11.4 Å². The second kappa shape index (κ2) is 5.51. The van der Waals surface area contributed by atoms with Gasteiger partial charge in [-0.05, 0) is 18.9 Å². The number of aliphatic hydroxyl groups excluding tert-OH is 1. The van der Waals surface area contributed by atoms with Crippen molar-refractivity contribution < 1.29 is 15.0 Å². The Labute approximate surface area is 114 Å². The van der Waals surface area contributed by atoms with Crippen molar-refractivity contribution in [2.45, 2.75) is 19.4 Å². The van der Waals surface area contributed by atoms with E-state index in [-0.39, 0.29) is 29.9 Å². The Bertz CT molecular complexity index is 542. The molecule has 2 N–H and O–H groups in total. The number of nitrogens with one attached hydrogen (secondary N) is 1. The Morgan fingerprint density at radius 1 is 1.25 bits per heavy atom. The summed E-state index contributed by atoms with van der Waals surface area (Å²) < 4.78 is 0. The molecule has 0 heterocycles. The molecular formula is C12H15N3O5. The van der Waals surface area contributed by atoms with E-state index in [2.05, 4.69) is 5.32 Å². The monoisotopic (exact) mass is 281 g/mol. The molecule has 1 aromatic rings. The van der Waals surface area contributed by atoms with Crippen molar-refractivity contribution in [2.24, 2.45) is 5.41 Å². The smallest absolute Gasteiger partial charge is 0.280 e. The van der Waals surface area contributed by atoms with Crippen LogP contribution in [0.5, 0.6) is 0 Å². The largest absolute Gasteiger partial charge is 0.396 e. The van der Waals surface area contributed by atoms with E-state index in [1.165, 1.54) is 12.1 Å². The van der Waals surface area contributed by atoms with E-state index < -0.39 is 9.85 Å². The third-order valence-electron chi connectivity index (χ3n) is 3.58. The fourth-order valence-corrected chi connectivity index (χ4v) is 2.02. The van der Waals surface area contributed by atoms with Crippen molar-refractivity contribution in [3.05, 3.63) is 44.0 Å². The molecule has 0 unspecified atom stereocenters. The molecule has 0 aliphatic heterocycles. The van der Waals surface area contributed by atoms with E-state index in [0.717, 1.165) is 18.9 Å². The van der Waals surface area contributed by atoms with E-state index in [1.54, 1.807) is 0 Å². The molecule has 1 aromatic carbocycles. The zero-order valence-electron chi connectivity index (χ0n) is 10.7. The summed E-state index contributed by atoms with van der Waals surface area (Å²) in [5.74, 6) is 0. The molecule has 8 nitrogen and oxygen atoms in total. The minimum atomic E-state index is -0.658. The van der Waals surface area contributed by atoms with E-state index in [4.69, 9.17) is 0 Å². The summed E-state index contributed by atoms with van der Waals surface area (Å²) in [6.07, 6.45) is 1.89. The van der Waals surface area contributed by atoms with Gasteiger partial charge in [-0.2, -0.15) is 0 Å². The van der Waals surface area contributed by atoms with Gasteiger partial charge in [-0.1, -0.05) is 0 Å². The van der Waals surface area contributed by atoms with Crippen molar-refractivity contribution in [1.29, 1.82) is 0 Å². The van der Waals surface area contributed by atoms with Gasteiger partial charge in [0.1, 0.15) is 0 Å². The molecule has 0 amide bonds. The molecule has 0 bridgehead atoms. The number of hydrogen-bond acceptors (Lipinski definition) is 6. The van der Waals surface area contributed by atoms with Gasteiger partial charge in [0.2, 0.25) is 0 Å². The highest BCUT2D eigenvalue weighted by Gasteiger charge is 2.41. The molecule has 20 heavy (non-hydrogen) atoms. The van der Waals surface area contributed by atoms with Crippen molar-refractivity contribution >= 4 is 11.4 Å². The third kappa shape index (κ3) is 3.09. The van der Waals surface area contributed by atoms with Crippen LogP contribution in [0.15, 0.2) is 18.2 Å². The van der Waals surface area contributed by atoms with Gasteiger partial charge >= 0.3 is 0 Å². The van der Waals surface area contributed by atoms with Crippen molar-refractivity contribution in [3.8, 4) is 0 Å². The van der Waals surface area contributed by atoms with Crippen LogP contribution < -0.4 is 5.32 Å². The molecule has 8 heteroatoms. The lowest BCUT2D eigenvalue weighted by Crippen LogP contribution is -2.26. The summed E-state index contributed by atoms with van der Waals surface area (Å²) in [4.78, 5) is 20.3. The first-order valence-corrected chi connectivity index (χ1v) is 6.21. The molecule has 108 valence electrons. The summed E-state index contributed by atoms with van der Waals surface area (Å²) >= 11 is 0. The second-order valence-electron chi connectivity index (χ2n) is 5.09. The fraction of sp³-hybridized carbons (Fsp3) is 0.500. The molecule has 0 atom stereocenters. The van der Waals surface area contributed by atoms with Gasteiger partial charge in [0, 0.05) is 36.7 Å². The normalized spacial score (nSPS) is 15.8. The summed E-state index contributed by atoms with van der Waals surface area (Å²) in [6.45, 7) is 0.927. The quantitative estimate of drug-likeness (QED) is 0.575. The Morgan fingerprint density at radius 2 is 1.95 bits per heavy atom. The Hall–Kier alpha value is -2.06. The van der Waals surface area contributed by atoms with Gasteiger partial charge in [-0.25, -0.2) is 0 Å². The summed E-state index contributed by atoms with van der Waals surface area (Å²) in [5.41, 5.74) is -0.250. The van der Waals surface area contributed by atoms with Gasteiger partial charge in [0.25, 0.3) is 11.4 Å². The molecule has 2 rings (SSSR count). The topological polar surface area (TPSA) is 119 Å². The lowest BCUT2D eigenvalue weighted by atomic mass is 10.1. The molecule has 1 aliphatic carbocycles. The zero-order chi connectivity index (χ0) is 14.8. The number of nitro groups is 2. The number of rotatable bonds is 7. The number of non-ortho nitro benzene ring substituents is 1. The number of hydrogen-bond donors (Lipinski definition) is 2. The molecule has 0 saturated heterocycles. The maximum atomic E-state index is 10.9. The second-order valence-corrected chi connectivity index (χ2v) is 5.09. The van der Waals surface area contributed by atoms with Crippen molar-refractivity contribution in [1.82, 2.24) is 5.32 Å². The predicted octanol–water partition coefficient (Wildman–Crippen LogP) is 1.37. The highest BCUT2D eigenvalue weighted by molar-refractivity contribution is 5.49. The number of benzene rings is 1. The average Bonchev–Trinajstić information content (AvgIpc) is 3.19. The molecule has 1 saturated carbocycles. The van der Waals surface area contributed by atoms with Gasteiger partial charge in [0.15, 0.2) is 0 Å². The molecule has 1 aliphatic rings. The first kappa shape index (κ1) is 14.4. The van der Waals surface area contributed by atoms with Crippen LogP contribution in [0.25, 0.3) is 0 Å². The van der Waals surface area contributed by atoms with Crippen LogP contribution in [-0.2, 0) is 6.54 Å². The van der Waals surface area contributed by atoms with E-state index in [0.29, 0.717) is 12.1 Å². The summed E-state index contributed by atoms with van der Waals surface area (Å²) in [7, 11) is 0. The van der Waals surface area contributed by atoms with Crippen LogP contribution in [0.3, 0.4) is 0 Å². The van der Waals surface area contributed by atoms with Crippen LogP contribution in [0.2, 0.25) is 0 Å². The lowest BCUT2D eigenvalue weighted by molar-refractivity contribution is -0.394. The van der Waals surface area contributed by atoms with Crippen LogP contribution in [0, 0.1) is 25.6 Å². The maximum Gasteiger partial charge on any atom is 0.280 e. The van der Waals surface area contributed by atoms with E-state index in [1.807, 2.05) is 0 Å². The standard InChI is InChI=1S/C12H15N3O5/c16-8-12(3-4-12)7-13-6-9-1-2-10(14(17)18)5-11(9)15(19)20/h1-2,5,13,16H,3-4,6-8H2. The third-order valence-corrected chi connectivity index (χ3v) is 3.58. The highest BCUT2D eigenvalue weighted by Crippen LogP contribution is 2.44. The predicted molar refractivity (Wildman–Crippen MR) is 70.2 cm³/mol. The van der Waals surface area contributed by atoms with Crippen LogP contribution in [-0.4, -0.2) is 28.1 Å². The number of nitrogens with zero attached hydrogens (tertiary/aromatic N) is 2. The average molecular weight is 281 g/mol. The number of nitro benzene ring substituents is 2. The summed E-state index contributed by atoms with van der Waals surface area (Å²) in [6, 6.07) is 3.61. The van der Waals surface area contributed by atoms with Gasteiger partial charge in [-0.15, -0.1) is 0 Å². The zero-order valence-corrected chi connectivity index (χ0v) is 10.7. The van der Waals surface area contributed by atoms with Gasteiger partial charge in [0.05, 0.1) is 15.9 Å².